The number of aromatic nitrogens is 3. The fourth-order valence-electron chi connectivity index (χ4n) is 7.50. The van der Waals surface area contributed by atoms with Crippen LogP contribution in [0.25, 0.3) is 43.0 Å². The van der Waals surface area contributed by atoms with E-state index in [2.05, 4.69) is 26.8 Å². The molecule has 0 amide bonds. The first-order valence-corrected chi connectivity index (χ1v) is 21.4. The lowest BCUT2D eigenvalue weighted by molar-refractivity contribution is -0.145. The van der Waals surface area contributed by atoms with E-state index < -0.39 is 12.1 Å². The summed E-state index contributed by atoms with van der Waals surface area (Å²) in [6.45, 7) is 7.34. The molecule has 11 nitrogen and oxygen atoms in total. The Morgan fingerprint density at radius 1 is 0.887 bits per heavy atom. The number of benzene rings is 4. The predicted octanol–water partition coefficient (Wildman–Crippen LogP) is 9.48. The van der Waals surface area contributed by atoms with Gasteiger partial charge < -0.3 is 29.0 Å². The fraction of sp³-hybridized carbons (Fsp3) is 0.250. The van der Waals surface area contributed by atoms with Gasteiger partial charge >= 0.3 is 5.97 Å². The summed E-state index contributed by atoms with van der Waals surface area (Å²) in [5, 5.41) is 11.8. The van der Waals surface area contributed by atoms with Gasteiger partial charge in [-0.1, -0.05) is 60.1 Å². The Kier molecular flexibility index (Phi) is 13.2. The second-order valence-corrected chi connectivity index (χ2v) is 16.4. The molecule has 318 valence electrons. The maximum Gasteiger partial charge on any atom is 0.345 e. The van der Waals surface area contributed by atoms with E-state index >= 15 is 0 Å². The number of para-hydroxylation sites is 2. The number of nitrogens with zero attached hydrogens (tertiary/aromatic N) is 5. The van der Waals surface area contributed by atoms with Crippen molar-refractivity contribution in [2.45, 2.75) is 26.1 Å². The number of piperazine rings is 1. The molecular weight excluding hydrogens is 829 g/mol. The average molecular weight is 874 g/mol. The van der Waals surface area contributed by atoms with Gasteiger partial charge in [-0.05, 0) is 78.7 Å². The topological polar surface area (TPSA) is 119 Å². The molecule has 14 heteroatoms. The standard InChI is InChI=1S/C48H45ClFN5O6S/c1-30-35(16-17-39(45(30)49)59-25-24-55-22-20-54(2)21-23-55)43-44-41(27-51-28-42(44)62-46(43)31-12-14-33(50)15-13-31)61-40(48(56)57)26-32-8-4-6-10-37(32)60-29-34-18-19-52-47(53-34)36-9-5-7-11-38(36)58-3/h4-19,27-28,40H,20-26,29H2,1-3H3,(H,56,57). The number of hydrogen-bond acceptors (Lipinski definition) is 11. The maximum absolute atomic E-state index is 14.2. The van der Waals surface area contributed by atoms with Crippen molar-refractivity contribution in [2.24, 2.45) is 0 Å². The van der Waals surface area contributed by atoms with E-state index in [0.29, 0.717) is 51.3 Å². The number of thiophene rings is 1. The Hall–Kier alpha value is -6.12. The number of methoxy groups -OCH3 is 1. The Morgan fingerprint density at radius 2 is 1.65 bits per heavy atom. The zero-order valence-corrected chi connectivity index (χ0v) is 36.1. The van der Waals surface area contributed by atoms with Crippen LogP contribution in [0.2, 0.25) is 5.02 Å². The molecule has 0 radical (unpaired) electrons. The van der Waals surface area contributed by atoms with Crippen LogP contribution in [0.4, 0.5) is 4.39 Å². The Bertz CT molecular complexity index is 2690. The summed E-state index contributed by atoms with van der Waals surface area (Å²) in [5.41, 5.74) is 5.11. The number of aliphatic carboxylic acids is 1. The third-order valence-corrected chi connectivity index (χ3v) is 12.6. The van der Waals surface area contributed by atoms with Crippen LogP contribution in [0, 0.1) is 12.7 Å². The van der Waals surface area contributed by atoms with Crippen molar-refractivity contribution < 1.29 is 33.2 Å². The van der Waals surface area contributed by atoms with Crippen LogP contribution in [0.15, 0.2) is 110 Å². The molecule has 0 bridgehead atoms. The minimum Gasteiger partial charge on any atom is -0.496 e. The molecule has 1 aliphatic heterocycles. The van der Waals surface area contributed by atoms with Gasteiger partial charge in [-0.2, -0.15) is 0 Å². The first-order valence-electron chi connectivity index (χ1n) is 20.2. The van der Waals surface area contributed by atoms with Gasteiger partial charge in [0.25, 0.3) is 0 Å². The molecule has 1 fully saturated rings. The van der Waals surface area contributed by atoms with Gasteiger partial charge in [-0.3, -0.25) is 9.88 Å². The van der Waals surface area contributed by atoms with Crippen molar-refractivity contribution in [3.63, 3.8) is 0 Å². The highest BCUT2D eigenvalue weighted by Gasteiger charge is 2.27. The summed E-state index contributed by atoms with van der Waals surface area (Å²) in [6, 6.07) is 26.6. The van der Waals surface area contributed by atoms with Gasteiger partial charge in [0.1, 0.15) is 42.0 Å². The van der Waals surface area contributed by atoms with Gasteiger partial charge in [0, 0.05) is 67.4 Å². The summed E-state index contributed by atoms with van der Waals surface area (Å²) in [4.78, 5) is 32.2. The number of likely N-dealkylation sites (N-methyl/N-ethyl adjacent to an activating group) is 1. The molecule has 1 N–H and O–H groups in total. The van der Waals surface area contributed by atoms with E-state index in [1.165, 1.54) is 29.7 Å². The minimum atomic E-state index is -1.33. The third kappa shape index (κ3) is 9.51. The molecule has 0 spiro atoms. The summed E-state index contributed by atoms with van der Waals surface area (Å²) >= 11 is 8.53. The summed E-state index contributed by atoms with van der Waals surface area (Å²) in [7, 11) is 3.73. The zero-order valence-electron chi connectivity index (χ0n) is 34.5. The number of halogens is 2. The number of rotatable bonds is 16. The normalized spacial score (nSPS) is 13.8. The third-order valence-electron chi connectivity index (χ3n) is 10.9. The first-order chi connectivity index (χ1) is 30.2. The number of ether oxygens (including phenoxy) is 4. The van der Waals surface area contributed by atoms with Gasteiger partial charge in [0.2, 0.25) is 0 Å². The van der Waals surface area contributed by atoms with E-state index in [0.717, 1.165) is 70.1 Å². The van der Waals surface area contributed by atoms with Crippen LogP contribution >= 0.6 is 22.9 Å². The molecule has 7 aromatic rings. The lowest BCUT2D eigenvalue weighted by Crippen LogP contribution is -2.45. The van der Waals surface area contributed by atoms with Crippen LogP contribution in [0.5, 0.6) is 23.0 Å². The number of carbonyl (C=O) groups is 1. The van der Waals surface area contributed by atoms with E-state index in [1.807, 2.05) is 61.5 Å². The summed E-state index contributed by atoms with van der Waals surface area (Å²) in [5.74, 6) is 0.961. The molecule has 1 unspecified atom stereocenters. The molecule has 3 aromatic heterocycles. The second kappa shape index (κ2) is 19.3. The Labute approximate surface area is 368 Å². The van der Waals surface area contributed by atoms with Crippen LogP contribution in [-0.4, -0.2) is 95.4 Å². The number of carboxylic acid groups (broad SMARTS) is 1. The molecular formula is C48H45ClFN5O6S. The van der Waals surface area contributed by atoms with Crippen molar-refractivity contribution in [2.75, 3.05) is 53.5 Å². The molecule has 62 heavy (non-hydrogen) atoms. The van der Waals surface area contributed by atoms with Crippen molar-refractivity contribution in [3.8, 4) is 56.0 Å². The lowest BCUT2D eigenvalue weighted by atomic mass is 9.95. The van der Waals surface area contributed by atoms with Crippen LogP contribution in [0.3, 0.4) is 0 Å². The fourth-order valence-corrected chi connectivity index (χ4v) is 8.93. The molecule has 8 rings (SSSR count). The molecule has 4 aromatic carbocycles. The minimum absolute atomic E-state index is 0.0204. The van der Waals surface area contributed by atoms with Crippen LogP contribution in [0.1, 0.15) is 16.8 Å². The maximum atomic E-state index is 14.2. The quantitative estimate of drug-likeness (QED) is 0.100. The van der Waals surface area contributed by atoms with Crippen LogP contribution in [-0.2, 0) is 17.8 Å². The molecule has 1 aliphatic rings. The highest BCUT2D eigenvalue weighted by atomic mass is 35.5. The molecule has 0 aliphatic carbocycles. The number of fused-ring (bicyclic) bond motifs is 1. The van der Waals surface area contributed by atoms with E-state index in [4.69, 9.17) is 35.5 Å². The van der Waals surface area contributed by atoms with Crippen molar-refractivity contribution in [1.29, 1.82) is 0 Å². The SMILES string of the molecule is COc1ccccc1-c1nccc(COc2ccccc2CC(Oc2cncc3sc(-c4ccc(F)cc4)c(-c4ccc(OCCN5CCN(C)CC5)c(Cl)c4C)c23)C(=O)O)n1. The molecule has 1 saturated heterocycles. The Balaban J connectivity index is 1.08. The second-order valence-electron chi connectivity index (χ2n) is 15.0. The monoisotopic (exact) mass is 873 g/mol. The highest BCUT2D eigenvalue weighted by Crippen LogP contribution is 2.50. The first kappa shape index (κ1) is 42.6. The highest BCUT2D eigenvalue weighted by molar-refractivity contribution is 7.23. The van der Waals surface area contributed by atoms with E-state index in [9.17, 15) is 14.3 Å². The van der Waals surface area contributed by atoms with Crippen molar-refractivity contribution >= 4 is 39.0 Å². The number of pyridine rings is 1. The van der Waals surface area contributed by atoms with E-state index in [-0.39, 0.29) is 24.6 Å². The van der Waals surface area contributed by atoms with Crippen molar-refractivity contribution in [1.82, 2.24) is 24.8 Å². The summed E-state index contributed by atoms with van der Waals surface area (Å²) < 4.78 is 39.5. The molecule has 0 saturated carbocycles. The van der Waals surface area contributed by atoms with Gasteiger partial charge in [-0.15, -0.1) is 11.3 Å². The predicted molar refractivity (Wildman–Crippen MR) is 240 cm³/mol. The average Bonchev–Trinajstić information content (AvgIpc) is 3.68. The summed E-state index contributed by atoms with van der Waals surface area (Å²) in [6.07, 6.45) is 3.57. The van der Waals surface area contributed by atoms with Crippen molar-refractivity contribution in [3.05, 3.63) is 137 Å². The zero-order chi connectivity index (χ0) is 43.2. The smallest absolute Gasteiger partial charge is 0.345 e. The van der Waals surface area contributed by atoms with Gasteiger partial charge in [0.05, 0.1) is 34.3 Å². The Morgan fingerprint density at radius 3 is 2.42 bits per heavy atom. The van der Waals surface area contributed by atoms with Crippen LogP contribution < -0.4 is 18.9 Å². The number of hydrogen-bond donors (Lipinski definition) is 1. The number of carboxylic acids is 1. The molecule has 1 atom stereocenters. The van der Waals surface area contributed by atoms with Gasteiger partial charge in [-0.25, -0.2) is 19.2 Å². The van der Waals surface area contributed by atoms with Gasteiger partial charge in [0.15, 0.2) is 11.9 Å². The van der Waals surface area contributed by atoms with E-state index in [1.54, 1.807) is 43.8 Å². The lowest BCUT2D eigenvalue weighted by Gasteiger charge is -2.32. The molecule has 4 heterocycles. The largest absolute Gasteiger partial charge is 0.496 e.